The minimum atomic E-state index is -4.44. The van der Waals surface area contributed by atoms with Crippen molar-refractivity contribution in [3.63, 3.8) is 0 Å². The van der Waals surface area contributed by atoms with Gasteiger partial charge in [0.05, 0.1) is 13.2 Å². The van der Waals surface area contributed by atoms with E-state index in [-0.39, 0.29) is 6.04 Å². The van der Waals surface area contributed by atoms with Crippen LogP contribution in [0, 0.1) is 5.92 Å². The number of halogens is 3. The van der Waals surface area contributed by atoms with Gasteiger partial charge in [-0.25, -0.2) is 4.98 Å². The van der Waals surface area contributed by atoms with Crippen LogP contribution in [0.3, 0.4) is 0 Å². The Kier molecular flexibility index (Phi) is 5.39. The highest BCUT2D eigenvalue weighted by Gasteiger charge is 2.35. The van der Waals surface area contributed by atoms with Crippen LogP contribution >= 0.6 is 0 Å². The molecule has 1 aliphatic heterocycles. The number of ether oxygens (including phenoxy) is 1. The summed E-state index contributed by atoms with van der Waals surface area (Å²) >= 11 is 0. The van der Waals surface area contributed by atoms with Crippen molar-refractivity contribution >= 4 is 0 Å². The van der Waals surface area contributed by atoms with Crippen LogP contribution in [0.15, 0.2) is 30.5 Å². The third-order valence-corrected chi connectivity index (χ3v) is 4.52. The maximum absolute atomic E-state index is 13.0. The normalized spacial score (nSPS) is 15.7. The van der Waals surface area contributed by atoms with Crippen molar-refractivity contribution in [1.29, 1.82) is 0 Å². The molecule has 142 valence electrons. The van der Waals surface area contributed by atoms with E-state index in [0.29, 0.717) is 17.3 Å². The zero-order valence-electron chi connectivity index (χ0n) is 15.3. The monoisotopic (exact) mass is 367 g/mol. The van der Waals surface area contributed by atoms with Gasteiger partial charge in [0.15, 0.2) is 5.69 Å². The first-order valence-corrected chi connectivity index (χ1v) is 8.75. The van der Waals surface area contributed by atoms with Crippen LogP contribution in [0.5, 0.6) is 0 Å². The molecule has 0 radical (unpaired) electrons. The Morgan fingerprint density at radius 1 is 1.23 bits per heavy atom. The van der Waals surface area contributed by atoms with E-state index in [2.05, 4.69) is 16.9 Å². The highest BCUT2D eigenvalue weighted by molar-refractivity contribution is 5.57. The highest BCUT2D eigenvalue weighted by atomic mass is 19.4. The summed E-state index contributed by atoms with van der Waals surface area (Å²) in [4.78, 5) is 6.07. The van der Waals surface area contributed by atoms with E-state index in [9.17, 15) is 13.2 Å². The molecule has 0 aliphatic carbocycles. The van der Waals surface area contributed by atoms with Gasteiger partial charge in [-0.05, 0) is 26.5 Å². The molecule has 4 nitrogen and oxygen atoms in total. The molecule has 0 N–H and O–H groups in total. The number of aromatic nitrogens is 2. The Morgan fingerprint density at radius 2 is 1.88 bits per heavy atom. The Labute approximate surface area is 151 Å². The molecule has 1 fully saturated rings. The van der Waals surface area contributed by atoms with Crippen molar-refractivity contribution in [2.24, 2.45) is 5.92 Å². The molecule has 0 unspecified atom stereocenters. The summed E-state index contributed by atoms with van der Waals surface area (Å²) in [6.07, 6.45) is -3.36. The first-order valence-electron chi connectivity index (χ1n) is 8.75. The average molecular weight is 367 g/mol. The van der Waals surface area contributed by atoms with Gasteiger partial charge in [-0.15, -0.1) is 0 Å². The van der Waals surface area contributed by atoms with E-state index in [1.165, 1.54) is 0 Å². The van der Waals surface area contributed by atoms with Crippen LogP contribution in [0.4, 0.5) is 13.2 Å². The lowest BCUT2D eigenvalue weighted by atomic mass is 10.1. The summed E-state index contributed by atoms with van der Waals surface area (Å²) in [5.74, 6) is 0.942. The van der Waals surface area contributed by atoms with Gasteiger partial charge >= 0.3 is 6.18 Å². The highest BCUT2D eigenvalue weighted by Crippen LogP contribution is 2.32. The van der Waals surface area contributed by atoms with Gasteiger partial charge < -0.3 is 14.2 Å². The van der Waals surface area contributed by atoms with Crippen molar-refractivity contribution in [3.8, 4) is 11.4 Å². The molecule has 1 aromatic heterocycles. The lowest BCUT2D eigenvalue weighted by Gasteiger charge is -2.30. The fourth-order valence-corrected chi connectivity index (χ4v) is 3.10. The van der Waals surface area contributed by atoms with Crippen LogP contribution in [0.1, 0.15) is 31.1 Å². The molecule has 1 saturated heterocycles. The Balaban J connectivity index is 1.76. The fraction of sp³-hybridized carbons (Fsp3) is 0.526. The minimum absolute atomic E-state index is 0.107. The maximum atomic E-state index is 13.0. The van der Waals surface area contributed by atoms with Gasteiger partial charge in [0.25, 0.3) is 0 Å². The minimum Gasteiger partial charge on any atom is -0.381 e. The fourth-order valence-electron chi connectivity index (χ4n) is 3.10. The summed E-state index contributed by atoms with van der Waals surface area (Å²) in [5.41, 5.74) is 0.955. The zero-order valence-corrected chi connectivity index (χ0v) is 15.3. The molecule has 3 rings (SSSR count). The molecule has 2 aromatic rings. The molecular weight excluding hydrogens is 343 g/mol. The quantitative estimate of drug-likeness (QED) is 0.766. The third-order valence-electron chi connectivity index (χ3n) is 4.52. The number of benzene rings is 1. The third kappa shape index (κ3) is 4.27. The SMILES string of the molecule is CC(C)n1cc(C(F)(F)F)nc1-c1ccc(CN(C)CC2COC2)cc1. The second-order valence-electron chi connectivity index (χ2n) is 7.25. The molecule has 0 amide bonds. The number of nitrogens with zero attached hydrogens (tertiary/aromatic N) is 3. The second kappa shape index (κ2) is 7.40. The molecule has 0 saturated carbocycles. The number of hydrogen-bond donors (Lipinski definition) is 0. The van der Waals surface area contributed by atoms with Gasteiger partial charge in [0.1, 0.15) is 5.82 Å². The number of alkyl halides is 3. The van der Waals surface area contributed by atoms with Crippen molar-refractivity contribution in [3.05, 3.63) is 41.7 Å². The standard InChI is InChI=1S/C19H24F3N3O/c1-13(2)25-10-17(19(20,21)22)23-18(25)16-6-4-14(5-7-16)8-24(3)9-15-11-26-12-15/h4-7,10,13,15H,8-9,11-12H2,1-3H3. The number of rotatable bonds is 6. The smallest absolute Gasteiger partial charge is 0.381 e. The molecule has 2 heterocycles. The molecule has 0 spiro atoms. The topological polar surface area (TPSA) is 30.3 Å². The van der Waals surface area contributed by atoms with Gasteiger partial charge in [-0.2, -0.15) is 13.2 Å². The van der Waals surface area contributed by atoms with Gasteiger partial charge in [-0.1, -0.05) is 24.3 Å². The molecule has 1 aliphatic rings. The predicted molar refractivity (Wildman–Crippen MR) is 93.7 cm³/mol. The number of imidazole rings is 1. The van der Waals surface area contributed by atoms with Gasteiger partial charge in [0, 0.05) is 36.8 Å². The first kappa shape index (κ1) is 18.9. The van der Waals surface area contributed by atoms with E-state index >= 15 is 0 Å². The summed E-state index contributed by atoms with van der Waals surface area (Å²) in [6.45, 7) is 7.11. The van der Waals surface area contributed by atoms with Gasteiger partial charge in [-0.3, -0.25) is 0 Å². The van der Waals surface area contributed by atoms with Crippen molar-refractivity contribution in [1.82, 2.24) is 14.5 Å². The first-order chi connectivity index (χ1) is 12.2. The summed E-state index contributed by atoms with van der Waals surface area (Å²) in [6, 6.07) is 7.49. The van der Waals surface area contributed by atoms with E-state index in [1.807, 2.05) is 38.1 Å². The van der Waals surface area contributed by atoms with Crippen molar-refractivity contribution < 1.29 is 17.9 Å². The summed E-state index contributed by atoms with van der Waals surface area (Å²) in [5, 5.41) is 0. The number of hydrogen-bond acceptors (Lipinski definition) is 3. The van der Waals surface area contributed by atoms with E-state index in [4.69, 9.17) is 4.74 Å². The Bertz CT molecular complexity index is 733. The molecular formula is C19H24F3N3O. The average Bonchev–Trinajstić information content (AvgIpc) is 2.97. The second-order valence-corrected chi connectivity index (χ2v) is 7.25. The summed E-state index contributed by atoms with van der Waals surface area (Å²) < 4.78 is 45.8. The zero-order chi connectivity index (χ0) is 18.9. The van der Waals surface area contributed by atoms with Crippen LogP contribution in [-0.4, -0.2) is 41.3 Å². The molecule has 7 heteroatoms. The largest absolute Gasteiger partial charge is 0.434 e. The maximum Gasteiger partial charge on any atom is 0.434 e. The van der Waals surface area contributed by atoms with E-state index in [1.54, 1.807) is 4.57 Å². The molecule has 0 bridgehead atoms. The van der Waals surface area contributed by atoms with Crippen LogP contribution in [0.2, 0.25) is 0 Å². The molecule has 26 heavy (non-hydrogen) atoms. The Hall–Kier alpha value is -1.86. The summed E-state index contributed by atoms with van der Waals surface area (Å²) in [7, 11) is 2.06. The van der Waals surface area contributed by atoms with Crippen LogP contribution < -0.4 is 0 Å². The van der Waals surface area contributed by atoms with Crippen molar-refractivity contribution in [2.45, 2.75) is 32.6 Å². The van der Waals surface area contributed by atoms with Crippen molar-refractivity contribution in [2.75, 3.05) is 26.8 Å². The van der Waals surface area contributed by atoms with E-state index < -0.39 is 11.9 Å². The predicted octanol–water partition coefficient (Wildman–Crippen LogP) is 4.23. The van der Waals surface area contributed by atoms with E-state index in [0.717, 1.165) is 38.1 Å². The van der Waals surface area contributed by atoms with Crippen LogP contribution in [0.25, 0.3) is 11.4 Å². The lowest BCUT2D eigenvalue weighted by Crippen LogP contribution is -2.37. The molecule has 1 aromatic carbocycles. The van der Waals surface area contributed by atoms with Crippen LogP contribution in [-0.2, 0) is 17.5 Å². The molecule has 0 atom stereocenters. The Morgan fingerprint density at radius 3 is 2.38 bits per heavy atom. The lowest BCUT2D eigenvalue weighted by molar-refractivity contribution is -0.140. The van der Waals surface area contributed by atoms with Gasteiger partial charge in [0.2, 0.25) is 0 Å².